The lowest BCUT2D eigenvalue weighted by molar-refractivity contribution is 0.260. The van der Waals surface area contributed by atoms with Crippen molar-refractivity contribution in [2.24, 2.45) is 4.99 Å². The number of hydrogen-bond acceptors (Lipinski definition) is 6. The molecule has 3 rings (SSSR count). The van der Waals surface area contributed by atoms with Crippen molar-refractivity contribution in [2.45, 2.75) is 19.1 Å². The first-order chi connectivity index (χ1) is 14.0. The van der Waals surface area contributed by atoms with Gasteiger partial charge in [0.25, 0.3) is 0 Å². The van der Waals surface area contributed by atoms with Gasteiger partial charge in [-0.2, -0.15) is 4.31 Å². The largest absolute Gasteiger partial charge is 0.364 e. The smallest absolute Gasteiger partial charge is 0.220 e. The number of guanidine groups is 1. The van der Waals surface area contributed by atoms with E-state index in [1.807, 2.05) is 13.0 Å². The fourth-order valence-corrected chi connectivity index (χ4v) is 4.58. The topological polar surface area (TPSA) is 104 Å². The maximum absolute atomic E-state index is 12.6. The predicted octanol–water partition coefficient (Wildman–Crippen LogP) is 2.00. The molecule has 166 valence electrons. The number of halogens is 2. The van der Waals surface area contributed by atoms with E-state index >= 15 is 0 Å². The van der Waals surface area contributed by atoms with Crippen molar-refractivity contribution in [3.05, 3.63) is 47.1 Å². The summed E-state index contributed by atoms with van der Waals surface area (Å²) in [7, 11) is -3.42. The second kappa shape index (κ2) is 11.8. The number of sulfonamides is 1. The number of pyridine rings is 1. The van der Waals surface area contributed by atoms with E-state index in [4.69, 9.17) is 16.1 Å². The van der Waals surface area contributed by atoms with E-state index < -0.39 is 10.0 Å². The van der Waals surface area contributed by atoms with Crippen LogP contribution in [0, 0.1) is 0 Å². The van der Waals surface area contributed by atoms with Gasteiger partial charge in [0, 0.05) is 51.5 Å². The lowest BCUT2D eigenvalue weighted by atomic mass is 10.2. The molecule has 30 heavy (non-hydrogen) atoms. The fourth-order valence-electron chi connectivity index (χ4n) is 3.04. The number of nitrogens with one attached hydrogen (secondary N) is 1. The van der Waals surface area contributed by atoms with Crippen molar-refractivity contribution in [3.63, 3.8) is 0 Å². The Kier molecular flexibility index (Phi) is 9.78. The van der Waals surface area contributed by atoms with Gasteiger partial charge < -0.3 is 14.7 Å². The second-order valence-corrected chi connectivity index (χ2v) is 8.96. The standard InChI is InChI=1S/C18H25ClN6O3S.HI/c1-2-20-18(21-7-5-15-3-4-17(19)22-13-15)24-8-10-25(11-9-24)29(26,27)14-16-6-12-28-23-16;/h3-4,6,12-13H,2,5,7-11,14H2,1H3,(H,20,21);1H. The molecule has 12 heteroatoms. The first-order valence-electron chi connectivity index (χ1n) is 9.48. The van der Waals surface area contributed by atoms with Gasteiger partial charge in [0.15, 0.2) is 5.96 Å². The predicted molar refractivity (Wildman–Crippen MR) is 127 cm³/mol. The van der Waals surface area contributed by atoms with Gasteiger partial charge in [-0.25, -0.2) is 13.4 Å². The van der Waals surface area contributed by atoms with Crippen molar-refractivity contribution >= 4 is 51.6 Å². The van der Waals surface area contributed by atoms with E-state index in [9.17, 15) is 8.42 Å². The van der Waals surface area contributed by atoms with Gasteiger partial charge in [0.1, 0.15) is 17.2 Å². The highest BCUT2D eigenvalue weighted by Crippen LogP contribution is 2.13. The molecule has 2 aromatic rings. The van der Waals surface area contributed by atoms with Gasteiger partial charge in [0.2, 0.25) is 10.0 Å². The van der Waals surface area contributed by atoms with Crippen LogP contribution in [0.3, 0.4) is 0 Å². The molecule has 0 spiro atoms. The highest BCUT2D eigenvalue weighted by molar-refractivity contribution is 14.0. The Hall–Kier alpha value is -1.44. The summed E-state index contributed by atoms with van der Waals surface area (Å²) in [5.41, 5.74) is 1.48. The lowest BCUT2D eigenvalue weighted by Gasteiger charge is -2.35. The molecule has 0 aromatic carbocycles. The van der Waals surface area contributed by atoms with Gasteiger partial charge in [-0.05, 0) is 25.0 Å². The highest BCUT2D eigenvalue weighted by Gasteiger charge is 2.28. The molecular formula is C18H26ClIN6O3S. The first kappa shape index (κ1) is 24.8. The van der Waals surface area contributed by atoms with Crippen LogP contribution in [0.5, 0.6) is 0 Å². The summed E-state index contributed by atoms with van der Waals surface area (Å²) < 4.78 is 31.4. The van der Waals surface area contributed by atoms with Crippen LogP contribution in [0.2, 0.25) is 5.15 Å². The quantitative estimate of drug-likeness (QED) is 0.236. The number of nitrogens with zero attached hydrogens (tertiary/aromatic N) is 5. The maximum atomic E-state index is 12.6. The monoisotopic (exact) mass is 568 g/mol. The Morgan fingerprint density at radius 1 is 1.27 bits per heavy atom. The van der Waals surface area contributed by atoms with Crippen LogP contribution >= 0.6 is 35.6 Å². The molecule has 1 aliphatic rings. The highest BCUT2D eigenvalue weighted by atomic mass is 127. The molecule has 0 unspecified atom stereocenters. The summed E-state index contributed by atoms with van der Waals surface area (Å²) in [5, 5.41) is 7.46. The summed E-state index contributed by atoms with van der Waals surface area (Å²) in [6, 6.07) is 5.28. The van der Waals surface area contributed by atoms with E-state index in [1.165, 1.54) is 10.6 Å². The number of hydrogen-bond donors (Lipinski definition) is 1. The zero-order valence-corrected chi connectivity index (χ0v) is 20.6. The van der Waals surface area contributed by atoms with Crippen LogP contribution in [0.1, 0.15) is 18.2 Å². The lowest BCUT2D eigenvalue weighted by Crippen LogP contribution is -2.54. The molecule has 3 heterocycles. The third-order valence-electron chi connectivity index (χ3n) is 4.54. The third-order valence-corrected chi connectivity index (χ3v) is 6.57. The van der Waals surface area contributed by atoms with Gasteiger partial charge >= 0.3 is 0 Å². The van der Waals surface area contributed by atoms with Crippen molar-refractivity contribution in [2.75, 3.05) is 39.3 Å². The summed E-state index contributed by atoms with van der Waals surface area (Å²) in [5.74, 6) is 0.648. The molecule has 9 nitrogen and oxygen atoms in total. The number of aliphatic imine (C=N–C) groups is 1. The molecule has 0 bridgehead atoms. The van der Waals surface area contributed by atoms with Crippen molar-refractivity contribution in [3.8, 4) is 0 Å². The fraction of sp³-hybridized carbons (Fsp3) is 0.500. The van der Waals surface area contributed by atoms with Gasteiger partial charge in [-0.1, -0.05) is 22.8 Å². The minimum absolute atomic E-state index is 0. The Bertz CT molecular complexity index is 901. The van der Waals surface area contributed by atoms with Gasteiger partial charge in [-0.15, -0.1) is 24.0 Å². The molecule has 1 N–H and O–H groups in total. The van der Waals surface area contributed by atoms with E-state index in [2.05, 4.69) is 25.3 Å². The minimum Gasteiger partial charge on any atom is -0.364 e. The molecule has 0 aliphatic carbocycles. The average Bonchev–Trinajstić information content (AvgIpc) is 3.21. The van der Waals surface area contributed by atoms with Crippen LogP contribution in [0.4, 0.5) is 0 Å². The van der Waals surface area contributed by atoms with Crippen LogP contribution < -0.4 is 5.32 Å². The summed E-state index contributed by atoms with van der Waals surface area (Å²) in [6.45, 7) is 5.33. The number of aromatic nitrogens is 2. The first-order valence-corrected chi connectivity index (χ1v) is 11.5. The van der Waals surface area contributed by atoms with Crippen molar-refractivity contribution < 1.29 is 12.9 Å². The maximum Gasteiger partial charge on any atom is 0.220 e. The third kappa shape index (κ3) is 7.06. The van der Waals surface area contributed by atoms with Crippen molar-refractivity contribution in [1.82, 2.24) is 24.7 Å². The number of piperazine rings is 1. The zero-order chi connectivity index (χ0) is 20.7. The molecular weight excluding hydrogens is 543 g/mol. The summed E-state index contributed by atoms with van der Waals surface area (Å²) in [6.07, 6.45) is 3.89. The molecule has 0 amide bonds. The van der Waals surface area contributed by atoms with Crippen LogP contribution in [0.15, 0.2) is 40.2 Å². The minimum atomic E-state index is -3.42. The number of rotatable bonds is 7. The molecule has 0 radical (unpaired) electrons. The molecule has 2 aromatic heterocycles. The van der Waals surface area contributed by atoms with E-state index in [-0.39, 0.29) is 29.7 Å². The second-order valence-electron chi connectivity index (χ2n) is 6.61. The van der Waals surface area contributed by atoms with E-state index in [0.717, 1.165) is 24.5 Å². The normalized spacial score (nSPS) is 15.7. The van der Waals surface area contributed by atoms with E-state index in [1.54, 1.807) is 18.3 Å². The van der Waals surface area contributed by atoms with Crippen LogP contribution in [0.25, 0.3) is 0 Å². The SMILES string of the molecule is CCNC(=NCCc1ccc(Cl)nc1)N1CCN(S(=O)(=O)Cc2ccon2)CC1.I. The van der Waals surface area contributed by atoms with Crippen LogP contribution in [-0.4, -0.2) is 73.0 Å². The zero-order valence-electron chi connectivity index (χ0n) is 16.7. The van der Waals surface area contributed by atoms with Gasteiger partial charge in [-0.3, -0.25) is 4.99 Å². The molecule has 1 fully saturated rings. The molecule has 1 saturated heterocycles. The molecule has 0 atom stereocenters. The molecule has 1 aliphatic heterocycles. The van der Waals surface area contributed by atoms with E-state index in [0.29, 0.717) is 43.6 Å². The Balaban J connectivity index is 0.00000320. The van der Waals surface area contributed by atoms with Gasteiger partial charge in [0.05, 0.1) is 5.69 Å². The summed E-state index contributed by atoms with van der Waals surface area (Å²) in [4.78, 5) is 10.9. The summed E-state index contributed by atoms with van der Waals surface area (Å²) >= 11 is 5.81. The van der Waals surface area contributed by atoms with Crippen molar-refractivity contribution in [1.29, 1.82) is 0 Å². The Labute approximate surface area is 198 Å². The Morgan fingerprint density at radius 2 is 2.03 bits per heavy atom. The van der Waals surface area contributed by atoms with Crippen LogP contribution in [-0.2, 0) is 22.2 Å². The molecule has 0 saturated carbocycles. The Morgan fingerprint density at radius 3 is 2.63 bits per heavy atom. The average molecular weight is 569 g/mol.